The molecule has 0 spiro atoms. The van der Waals surface area contributed by atoms with Gasteiger partial charge in [-0.3, -0.25) is 0 Å². The Kier molecular flexibility index (Phi) is 6.17. The SMILES string of the molecule is CCC(C#N)(CC)CCOc1cccc(OC)c1OC. The van der Waals surface area contributed by atoms with Gasteiger partial charge in [0.05, 0.1) is 32.3 Å². The van der Waals surface area contributed by atoms with Crippen LogP contribution in [0.5, 0.6) is 17.2 Å². The van der Waals surface area contributed by atoms with Crippen molar-refractivity contribution in [2.45, 2.75) is 33.1 Å². The van der Waals surface area contributed by atoms with E-state index in [9.17, 15) is 5.26 Å². The van der Waals surface area contributed by atoms with Crippen LogP contribution in [0.15, 0.2) is 18.2 Å². The summed E-state index contributed by atoms with van der Waals surface area (Å²) in [5.41, 5.74) is -0.300. The fraction of sp³-hybridized carbons (Fsp3) is 0.562. The van der Waals surface area contributed by atoms with Gasteiger partial charge in [-0.25, -0.2) is 0 Å². The van der Waals surface area contributed by atoms with Crippen molar-refractivity contribution in [2.75, 3.05) is 20.8 Å². The summed E-state index contributed by atoms with van der Waals surface area (Å²) in [6.45, 7) is 4.57. The summed E-state index contributed by atoms with van der Waals surface area (Å²) < 4.78 is 16.3. The summed E-state index contributed by atoms with van der Waals surface area (Å²) in [4.78, 5) is 0. The van der Waals surface area contributed by atoms with Crippen LogP contribution in [0, 0.1) is 16.7 Å². The molecular formula is C16H23NO3. The van der Waals surface area contributed by atoms with Crippen LogP contribution < -0.4 is 14.2 Å². The quantitative estimate of drug-likeness (QED) is 0.725. The van der Waals surface area contributed by atoms with Gasteiger partial charge in [-0.2, -0.15) is 5.26 Å². The fourth-order valence-corrected chi connectivity index (χ4v) is 2.15. The Morgan fingerprint density at radius 3 is 2.25 bits per heavy atom. The largest absolute Gasteiger partial charge is 0.493 e. The maximum atomic E-state index is 9.31. The summed E-state index contributed by atoms with van der Waals surface area (Å²) in [5.74, 6) is 1.87. The minimum absolute atomic E-state index is 0.300. The van der Waals surface area contributed by atoms with Crippen molar-refractivity contribution in [3.63, 3.8) is 0 Å². The van der Waals surface area contributed by atoms with Crippen molar-refractivity contribution in [3.8, 4) is 23.3 Å². The molecule has 1 aromatic carbocycles. The van der Waals surface area contributed by atoms with Crippen molar-refractivity contribution in [2.24, 2.45) is 5.41 Å². The third-order valence-electron chi connectivity index (χ3n) is 3.80. The highest BCUT2D eigenvalue weighted by atomic mass is 16.5. The number of hydrogen-bond donors (Lipinski definition) is 0. The fourth-order valence-electron chi connectivity index (χ4n) is 2.15. The van der Waals surface area contributed by atoms with Crippen molar-refractivity contribution >= 4 is 0 Å². The Morgan fingerprint density at radius 2 is 1.75 bits per heavy atom. The Labute approximate surface area is 121 Å². The van der Waals surface area contributed by atoms with Gasteiger partial charge in [0.15, 0.2) is 11.5 Å². The molecule has 1 aromatic rings. The molecular weight excluding hydrogens is 254 g/mol. The first-order valence-electron chi connectivity index (χ1n) is 6.91. The summed E-state index contributed by atoms with van der Waals surface area (Å²) >= 11 is 0. The highest BCUT2D eigenvalue weighted by molar-refractivity contribution is 5.50. The molecule has 0 atom stereocenters. The molecule has 0 N–H and O–H groups in total. The van der Waals surface area contributed by atoms with Crippen molar-refractivity contribution < 1.29 is 14.2 Å². The Balaban J connectivity index is 2.74. The van der Waals surface area contributed by atoms with Crippen molar-refractivity contribution in [3.05, 3.63) is 18.2 Å². The van der Waals surface area contributed by atoms with Gasteiger partial charge in [0.25, 0.3) is 0 Å². The van der Waals surface area contributed by atoms with Crippen LogP contribution in [-0.2, 0) is 0 Å². The van der Waals surface area contributed by atoms with Gasteiger partial charge in [0.1, 0.15) is 0 Å². The van der Waals surface area contributed by atoms with Crippen LogP contribution in [-0.4, -0.2) is 20.8 Å². The number of ether oxygens (including phenoxy) is 3. The van der Waals surface area contributed by atoms with Gasteiger partial charge < -0.3 is 14.2 Å². The zero-order valence-electron chi connectivity index (χ0n) is 12.7. The second-order valence-corrected chi connectivity index (χ2v) is 4.69. The topological polar surface area (TPSA) is 51.5 Å². The molecule has 0 saturated carbocycles. The first kappa shape index (κ1) is 16.2. The number of benzene rings is 1. The summed E-state index contributed by atoms with van der Waals surface area (Å²) in [6, 6.07) is 7.93. The van der Waals surface area contributed by atoms with E-state index in [2.05, 4.69) is 6.07 Å². The van der Waals surface area contributed by atoms with E-state index in [-0.39, 0.29) is 5.41 Å². The number of rotatable bonds is 8. The maximum absolute atomic E-state index is 9.31. The van der Waals surface area contributed by atoms with Crippen molar-refractivity contribution in [1.82, 2.24) is 0 Å². The molecule has 20 heavy (non-hydrogen) atoms. The van der Waals surface area contributed by atoms with Crippen LogP contribution in [0.1, 0.15) is 33.1 Å². The number of para-hydroxylation sites is 1. The van der Waals surface area contributed by atoms with Gasteiger partial charge in [-0.1, -0.05) is 19.9 Å². The first-order valence-corrected chi connectivity index (χ1v) is 6.91. The van der Waals surface area contributed by atoms with E-state index in [4.69, 9.17) is 14.2 Å². The third-order valence-corrected chi connectivity index (χ3v) is 3.80. The molecule has 0 aliphatic rings. The summed E-state index contributed by atoms with van der Waals surface area (Å²) in [6.07, 6.45) is 2.37. The lowest BCUT2D eigenvalue weighted by Crippen LogP contribution is -2.20. The van der Waals surface area contributed by atoms with Crippen LogP contribution >= 0.6 is 0 Å². The zero-order chi connectivity index (χ0) is 15.0. The highest BCUT2D eigenvalue weighted by Crippen LogP contribution is 2.37. The minimum Gasteiger partial charge on any atom is -0.493 e. The monoisotopic (exact) mass is 277 g/mol. The average molecular weight is 277 g/mol. The van der Waals surface area contributed by atoms with E-state index in [0.717, 1.165) is 12.8 Å². The summed E-state index contributed by atoms with van der Waals surface area (Å²) in [7, 11) is 3.18. The predicted molar refractivity (Wildman–Crippen MR) is 78.3 cm³/mol. The van der Waals surface area contributed by atoms with E-state index in [1.807, 2.05) is 32.0 Å². The maximum Gasteiger partial charge on any atom is 0.203 e. The lowest BCUT2D eigenvalue weighted by Gasteiger charge is -2.23. The molecule has 0 aliphatic carbocycles. The molecule has 4 nitrogen and oxygen atoms in total. The predicted octanol–water partition coefficient (Wildman–Crippen LogP) is 3.80. The van der Waals surface area contributed by atoms with E-state index in [0.29, 0.717) is 30.3 Å². The van der Waals surface area contributed by atoms with Crippen LogP contribution in [0.25, 0.3) is 0 Å². The lowest BCUT2D eigenvalue weighted by atomic mass is 9.81. The molecule has 0 heterocycles. The van der Waals surface area contributed by atoms with E-state index < -0.39 is 0 Å². The zero-order valence-corrected chi connectivity index (χ0v) is 12.7. The normalized spacial score (nSPS) is 10.8. The van der Waals surface area contributed by atoms with E-state index >= 15 is 0 Å². The molecule has 0 unspecified atom stereocenters. The van der Waals surface area contributed by atoms with Crippen LogP contribution in [0.3, 0.4) is 0 Å². The second-order valence-electron chi connectivity index (χ2n) is 4.69. The molecule has 4 heteroatoms. The van der Waals surface area contributed by atoms with E-state index in [1.54, 1.807) is 14.2 Å². The van der Waals surface area contributed by atoms with Gasteiger partial charge in [0, 0.05) is 6.42 Å². The third kappa shape index (κ3) is 3.57. The number of nitrogens with zero attached hydrogens (tertiary/aromatic N) is 1. The molecule has 0 bridgehead atoms. The van der Waals surface area contributed by atoms with Gasteiger partial charge in [-0.05, 0) is 25.0 Å². The summed E-state index contributed by atoms with van der Waals surface area (Å²) in [5, 5.41) is 9.31. The molecule has 110 valence electrons. The number of hydrogen-bond acceptors (Lipinski definition) is 4. The van der Waals surface area contributed by atoms with E-state index in [1.165, 1.54) is 0 Å². The smallest absolute Gasteiger partial charge is 0.203 e. The number of methoxy groups -OCH3 is 2. The van der Waals surface area contributed by atoms with Crippen LogP contribution in [0.2, 0.25) is 0 Å². The molecule has 0 aliphatic heterocycles. The lowest BCUT2D eigenvalue weighted by molar-refractivity contribution is 0.222. The molecule has 0 saturated heterocycles. The molecule has 1 rings (SSSR count). The molecule has 0 fully saturated rings. The molecule has 0 aromatic heterocycles. The molecule has 0 radical (unpaired) electrons. The second kappa shape index (κ2) is 7.64. The average Bonchev–Trinajstić information content (AvgIpc) is 2.51. The van der Waals surface area contributed by atoms with Gasteiger partial charge >= 0.3 is 0 Å². The van der Waals surface area contributed by atoms with Gasteiger partial charge in [-0.15, -0.1) is 0 Å². The molecule has 0 amide bonds. The minimum atomic E-state index is -0.300. The Hall–Kier alpha value is -1.89. The van der Waals surface area contributed by atoms with Gasteiger partial charge in [0.2, 0.25) is 5.75 Å². The number of nitriles is 1. The Bertz CT molecular complexity index is 461. The van der Waals surface area contributed by atoms with Crippen molar-refractivity contribution in [1.29, 1.82) is 5.26 Å². The van der Waals surface area contributed by atoms with Crippen LogP contribution in [0.4, 0.5) is 0 Å². The standard InChI is InChI=1S/C16H23NO3/c1-5-16(6-2,12-17)10-11-20-14-9-7-8-13(18-3)15(14)19-4/h7-9H,5-6,10-11H2,1-4H3. The highest BCUT2D eigenvalue weighted by Gasteiger charge is 2.25. The Morgan fingerprint density at radius 1 is 1.10 bits per heavy atom. The first-order chi connectivity index (χ1) is 9.66.